The molecule has 1 aliphatic heterocycles. The molecule has 118 valence electrons. The Balaban J connectivity index is 1.59. The third kappa shape index (κ3) is 1.85. The van der Waals surface area contributed by atoms with Crippen LogP contribution < -0.4 is 0 Å². The lowest BCUT2D eigenvalue weighted by molar-refractivity contribution is -0.145. The maximum absolute atomic E-state index is 12.0. The number of carbonyl (C=O) groups is 1. The molecule has 3 unspecified atom stereocenters. The molecule has 3 heteroatoms. The second-order valence-electron chi connectivity index (χ2n) is 8.42. The Morgan fingerprint density at radius 3 is 2.67 bits per heavy atom. The molecule has 3 nitrogen and oxygen atoms in total. The molecule has 0 aromatic carbocycles. The van der Waals surface area contributed by atoms with E-state index in [0.717, 1.165) is 42.9 Å². The van der Waals surface area contributed by atoms with Gasteiger partial charge in [-0.1, -0.05) is 6.92 Å². The topological polar surface area (TPSA) is 40.5 Å². The van der Waals surface area contributed by atoms with Gasteiger partial charge in [-0.15, -0.1) is 0 Å². The summed E-state index contributed by atoms with van der Waals surface area (Å²) in [5, 5.41) is 10.4. The number of hydrogen-bond donors (Lipinski definition) is 1. The van der Waals surface area contributed by atoms with Crippen molar-refractivity contribution in [3.05, 3.63) is 0 Å². The van der Waals surface area contributed by atoms with E-state index >= 15 is 0 Å². The Morgan fingerprint density at radius 2 is 1.86 bits per heavy atom. The Hall–Kier alpha value is -0.570. The third-order valence-electron chi connectivity index (χ3n) is 7.86. The van der Waals surface area contributed by atoms with E-state index in [1.807, 2.05) is 7.05 Å². The summed E-state index contributed by atoms with van der Waals surface area (Å²) < 4.78 is 0. The van der Waals surface area contributed by atoms with Crippen LogP contribution >= 0.6 is 0 Å². The first kappa shape index (κ1) is 14.0. The van der Waals surface area contributed by atoms with Crippen molar-refractivity contribution in [1.82, 2.24) is 4.90 Å². The highest BCUT2D eigenvalue weighted by Crippen LogP contribution is 2.61. The van der Waals surface area contributed by atoms with Gasteiger partial charge in [-0.2, -0.15) is 0 Å². The van der Waals surface area contributed by atoms with Gasteiger partial charge in [0.1, 0.15) is 0 Å². The van der Waals surface area contributed by atoms with E-state index in [1.165, 1.54) is 32.1 Å². The highest BCUT2D eigenvalue weighted by molar-refractivity contribution is 5.77. The molecule has 3 saturated carbocycles. The number of piperidine rings is 1. The molecule has 0 spiro atoms. The summed E-state index contributed by atoms with van der Waals surface area (Å²) in [6.45, 7) is 2.34. The fourth-order valence-electron chi connectivity index (χ4n) is 6.64. The summed E-state index contributed by atoms with van der Waals surface area (Å²) >= 11 is 0. The van der Waals surface area contributed by atoms with Crippen molar-refractivity contribution in [2.75, 3.05) is 7.05 Å². The highest BCUT2D eigenvalue weighted by Gasteiger charge is 2.57. The Kier molecular flexibility index (Phi) is 3.15. The second kappa shape index (κ2) is 4.71. The molecule has 3 aliphatic carbocycles. The number of aliphatic hydroxyl groups is 1. The quantitative estimate of drug-likeness (QED) is 0.745. The number of nitrogens with zero attached hydrogens (tertiary/aromatic N) is 1. The Bertz CT molecular complexity index is 450. The predicted molar refractivity (Wildman–Crippen MR) is 81.6 cm³/mol. The first-order chi connectivity index (χ1) is 10.0. The van der Waals surface area contributed by atoms with Crippen LogP contribution in [-0.4, -0.2) is 35.1 Å². The zero-order valence-electron chi connectivity index (χ0n) is 13.4. The van der Waals surface area contributed by atoms with Crippen molar-refractivity contribution in [2.24, 2.45) is 29.1 Å². The maximum atomic E-state index is 12.0. The number of fused-ring (bicyclic) bond motifs is 5. The smallest absolute Gasteiger partial charge is 0.222 e. The van der Waals surface area contributed by atoms with E-state index in [0.29, 0.717) is 11.9 Å². The third-order valence-corrected chi connectivity index (χ3v) is 7.86. The molecule has 4 rings (SSSR count). The molecule has 0 bridgehead atoms. The SMILES string of the molecule is CN1C(=O)CC[C@@H]2C3CC[C@@]4(C)C(CC[C@@H]4O)C3CC[C@H]21. The summed E-state index contributed by atoms with van der Waals surface area (Å²) in [5.41, 5.74) is 0.185. The number of likely N-dealkylation sites (tertiary alicyclic amines) is 1. The Labute approximate surface area is 128 Å². The predicted octanol–water partition coefficient (Wildman–Crippen LogP) is 2.82. The Morgan fingerprint density at radius 1 is 1.05 bits per heavy atom. The van der Waals surface area contributed by atoms with Gasteiger partial charge < -0.3 is 10.0 Å². The minimum atomic E-state index is -0.0724. The number of aliphatic hydroxyl groups excluding tert-OH is 1. The molecule has 4 fully saturated rings. The van der Waals surface area contributed by atoms with Crippen LogP contribution in [-0.2, 0) is 4.79 Å². The zero-order valence-corrected chi connectivity index (χ0v) is 13.4. The van der Waals surface area contributed by atoms with Crippen LogP contribution in [0.2, 0.25) is 0 Å². The zero-order chi connectivity index (χ0) is 14.8. The standard InChI is InChI=1S/C18H29NO2/c1-18-10-9-11-12(14(18)5-7-16(18)20)3-6-15-13(11)4-8-17(21)19(15)2/h11-16,20H,3-10H2,1-2H3/t11?,12?,13-,14?,15-,16+,18+/m1/s1. The lowest BCUT2D eigenvalue weighted by atomic mass is 9.52. The van der Waals surface area contributed by atoms with Gasteiger partial charge in [-0.05, 0) is 74.0 Å². The molecule has 4 aliphatic rings. The van der Waals surface area contributed by atoms with Gasteiger partial charge in [-0.25, -0.2) is 0 Å². The minimum Gasteiger partial charge on any atom is -0.393 e. The molecule has 1 N–H and O–H groups in total. The fourth-order valence-corrected chi connectivity index (χ4v) is 6.64. The summed E-state index contributed by atoms with van der Waals surface area (Å²) in [7, 11) is 2.02. The van der Waals surface area contributed by atoms with E-state index in [4.69, 9.17) is 0 Å². The molecular formula is C18H29NO2. The highest BCUT2D eigenvalue weighted by atomic mass is 16.3. The molecular weight excluding hydrogens is 262 g/mol. The van der Waals surface area contributed by atoms with E-state index in [9.17, 15) is 9.90 Å². The average Bonchev–Trinajstić information content (AvgIpc) is 2.78. The molecule has 0 radical (unpaired) electrons. The lowest BCUT2D eigenvalue weighted by Gasteiger charge is -2.56. The summed E-state index contributed by atoms with van der Waals surface area (Å²) in [6.07, 6.45) is 8.97. The molecule has 1 heterocycles. The number of hydrogen-bond acceptors (Lipinski definition) is 2. The summed E-state index contributed by atoms with van der Waals surface area (Å²) in [4.78, 5) is 14.0. The van der Waals surface area contributed by atoms with Crippen LogP contribution in [0.15, 0.2) is 0 Å². The normalized spacial score (nSPS) is 53.1. The van der Waals surface area contributed by atoms with E-state index in [-0.39, 0.29) is 11.5 Å². The van der Waals surface area contributed by atoms with E-state index in [2.05, 4.69) is 11.8 Å². The summed E-state index contributed by atoms with van der Waals surface area (Å²) in [6, 6.07) is 0.503. The van der Waals surface area contributed by atoms with Crippen molar-refractivity contribution in [1.29, 1.82) is 0 Å². The van der Waals surface area contributed by atoms with Crippen LogP contribution in [0.4, 0.5) is 0 Å². The lowest BCUT2D eigenvalue weighted by Crippen LogP contribution is -2.56. The van der Waals surface area contributed by atoms with Gasteiger partial charge in [0.15, 0.2) is 0 Å². The van der Waals surface area contributed by atoms with E-state index in [1.54, 1.807) is 0 Å². The molecule has 0 aromatic rings. The monoisotopic (exact) mass is 291 g/mol. The van der Waals surface area contributed by atoms with Crippen molar-refractivity contribution in [2.45, 2.75) is 70.4 Å². The van der Waals surface area contributed by atoms with Crippen molar-refractivity contribution in [3.63, 3.8) is 0 Å². The van der Waals surface area contributed by atoms with Gasteiger partial charge in [0.05, 0.1) is 6.10 Å². The molecule has 0 aromatic heterocycles. The number of carbonyl (C=O) groups excluding carboxylic acids is 1. The van der Waals surface area contributed by atoms with Crippen molar-refractivity contribution < 1.29 is 9.90 Å². The van der Waals surface area contributed by atoms with Crippen LogP contribution in [0.3, 0.4) is 0 Å². The number of rotatable bonds is 0. The van der Waals surface area contributed by atoms with Gasteiger partial charge in [0.25, 0.3) is 0 Å². The number of amides is 1. The summed E-state index contributed by atoms with van der Waals surface area (Å²) in [5.74, 6) is 3.43. The van der Waals surface area contributed by atoms with Gasteiger partial charge in [0.2, 0.25) is 5.91 Å². The maximum Gasteiger partial charge on any atom is 0.222 e. The van der Waals surface area contributed by atoms with Crippen molar-refractivity contribution >= 4 is 5.91 Å². The molecule has 21 heavy (non-hydrogen) atoms. The average molecular weight is 291 g/mol. The minimum absolute atomic E-state index is 0.0724. The van der Waals surface area contributed by atoms with Crippen LogP contribution in [0.1, 0.15) is 58.3 Å². The first-order valence-electron chi connectivity index (χ1n) is 8.96. The second-order valence-corrected chi connectivity index (χ2v) is 8.42. The van der Waals surface area contributed by atoms with Crippen molar-refractivity contribution in [3.8, 4) is 0 Å². The van der Waals surface area contributed by atoms with Crippen LogP contribution in [0.25, 0.3) is 0 Å². The van der Waals surface area contributed by atoms with E-state index < -0.39 is 0 Å². The molecule has 7 atom stereocenters. The fraction of sp³-hybridized carbons (Fsp3) is 0.944. The van der Waals surface area contributed by atoms with Gasteiger partial charge >= 0.3 is 0 Å². The van der Waals surface area contributed by atoms with Gasteiger partial charge in [0, 0.05) is 19.5 Å². The first-order valence-corrected chi connectivity index (χ1v) is 8.96. The largest absolute Gasteiger partial charge is 0.393 e. The molecule has 1 amide bonds. The van der Waals surface area contributed by atoms with Gasteiger partial charge in [-0.3, -0.25) is 4.79 Å². The van der Waals surface area contributed by atoms with Crippen LogP contribution in [0.5, 0.6) is 0 Å². The van der Waals surface area contributed by atoms with Crippen LogP contribution in [0, 0.1) is 29.1 Å². The molecule has 1 saturated heterocycles.